The first-order chi connectivity index (χ1) is 18.2. The highest BCUT2D eigenvalue weighted by molar-refractivity contribution is 7.92. The molecule has 0 amide bonds. The minimum absolute atomic E-state index is 0.218. The molecule has 8 nitrogen and oxygen atoms in total. The second-order valence-corrected chi connectivity index (χ2v) is 11.4. The third kappa shape index (κ3) is 4.97. The minimum atomic E-state index is -3.40. The molecule has 10 heteroatoms. The van der Waals surface area contributed by atoms with Crippen LogP contribution in [-0.2, 0) is 10.0 Å². The number of sulfonamides is 1. The maximum absolute atomic E-state index is 11.8. The summed E-state index contributed by atoms with van der Waals surface area (Å²) in [5.41, 5.74) is 6.15. The Morgan fingerprint density at radius 3 is 2.37 bits per heavy atom. The predicted molar refractivity (Wildman–Crippen MR) is 155 cm³/mol. The van der Waals surface area contributed by atoms with E-state index in [1.165, 1.54) is 0 Å². The first-order valence-corrected chi connectivity index (χ1v) is 14.4. The molecule has 3 heterocycles. The Hall–Kier alpha value is -3.89. The quantitative estimate of drug-likeness (QED) is 0.313. The molecule has 0 spiro atoms. The lowest BCUT2D eigenvalue weighted by Crippen LogP contribution is -2.30. The summed E-state index contributed by atoms with van der Waals surface area (Å²) in [7, 11) is -1.75. The molecule has 0 bridgehead atoms. The molecule has 1 saturated heterocycles. The molecule has 0 saturated carbocycles. The van der Waals surface area contributed by atoms with Crippen LogP contribution >= 0.6 is 12.2 Å². The van der Waals surface area contributed by atoms with E-state index in [2.05, 4.69) is 43.5 Å². The maximum Gasteiger partial charge on any atom is 0.229 e. The van der Waals surface area contributed by atoms with Gasteiger partial charge in [0.05, 0.1) is 30.8 Å². The van der Waals surface area contributed by atoms with Crippen LogP contribution in [0.4, 0.5) is 11.4 Å². The topological polar surface area (TPSA) is 88.5 Å². The molecule has 2 aromatic heterocycles. The third-order valence-electron chi connectivity index (χ3n) is 6.62. The highest BCUT2D eigenvalue weighted by Crippen LogP contribution is 2.43. The second kappa shape index (κ2) is 10.1. The second-order valence-electron chi connectivity index (χ2n) is 9.30. The van der Waals surface area contributed by atoms with E-state index >= 15 is 0 Å². The minimum Gasteiger partial charge on any atom is -0.497 e. The van der Waals surface area contributed by atoms with Gasteiger partial charge in [0.25, 0.3) is 0 Å². The number of hydrogen-bond donors (Lipinski definition) is 2. The van der Waals surface area contributed by atoms with Crippen molar-refractivity contribution in [2.75, 3.05) is 23.0 Å². The fourth-order valence-electron chi connectivity index (χ4n) is 4.92. The summed E-state index contributed by atoms with van der Waals surface area (Å²) in [6, 6.07) is 23.2. The number of hydrogen-bond acceptors (Lipinski definition) is 5. The summed E-state index contributed by atoms with van der Waals surface area (Å²) in [4.78, 5) is 6.74. The van der Waals surface area contributed by atoms with Gasteiger partial charge in [0, 0.05) is 29.0 Å². The van der Waals surface area contributed by atoms with Crippen molar-refractivity contribution in [1.29, 1.82) is 0 Å². The van der Waals surface area contributed by atoms with Crippen LogP contribution in [0.15, 0.2) is 79.0 Å². The van der Waals surface area contributed by atoms with E-state index in [0.29, 0.717) is 10.8 Å². The maximum atomic E-state index is 11.8. The molecule has 5 rings (SSSR count). The molecular formula is C28H29N5O3S2. The number of rotatable bonds is 7. The van der Waals surface area contributed by atoms with E-state index in [1.54, 1.807) is 19.4 Å². The third-order valence-corrected chi connectivity index (χ3v) is 7.53. The zero-order valence-electron chi connectivity index (χ0n) is 21.5. The zero-order chi connectivity index (χ0) is 27.0. The molecule has 2 aromatic carbocycles. The molecule has 38 heavy (non-hydrogen) atoms. The average molecular weight is 548 g/mol. The lowest BCUT2D eigenvalue weighted by Gasteiger charge is -2.30. The van der Waals surface area contributed by atoms with E-state index in [4.69, 9.17) is 17.0 Å². The number of ether oxygens (including phenoxy) is 1. The number of aryl methyl sites for hydroxylation is 2. The number of benzene rings is 2. The zero-order valence-corrected chi connectivity index (χ0v) is 23.2. The van der Waals surface area contributed by atoms with Crippen LogP contribution in [0.2, 0.25) is 0 Å². The number of methoxy groups -OCH3 is 1. The Kier molecular flexibility index (Phi) is 6.85. The first kappa shape index (κ1) is 25.7. The van der Waals surface area contributed by atoms with Crippen molar-refractivity contribution < 1.29 is 13.2 Å². The van der Waals surface area contributed by atoms with Gasteiger partial charge >= 0.3 is 0 Å². The number of nitrogens with one attached hydrogen (secondary N) is 2. The predicted octanol–water partition coefficient (Wildman–Crippen LogP) is 5.05. The fraction of sp³-hybridized carbons (Fsp3) is 0.214. The SMILES string of the molecule is COc1ccc(-n2c(C)ccc2[C@H]2[C@H](c3ccccn3)NC(=S)N2c2ccc(NS(C)(=O)=O)c(C)c2)cc1. The summed E-state index contributed by atoms with van der Waals surface area (Å²) in [5, 5.41) is 4.06. The van der Waals surface area contributed by atoms with E-state index in [1.807, 2.05) is 61.5 Å². The Bertz CT molecular complexity index is 1580. The molecular weight excluding hydrogens is 518 g/mol. The largest absolute Gasteiger partial charge is 0.497 e. The van der Waals surface area contributed by atoms with Crippen molar-refractivity contribution in [3.05, 3.63) is 102 Å². The van der Waals surface area contributed by atoms with Gasteiger partial charge in [0.1, 0.15) is 11.8 Å². The van der Waals surface area contributed by atoms with Crippen LogP contribution in [0.1, 0.15) is 34.7 Å². The number of aromatic nitrogens is 2. The number of anilines is 2. The molecule has 0 aliphatic carbocycles. The van der Waals surface area contributed by atoms with Crippen LogP contribution in [0.5, 0.6) is 5.75 Å². The Morgan fingerprint density at radius 1 is 1.00 bits per heavy atom. The number of nitrogens with zero attached hydrogens (tertiary/aromatic N) is 3. The first-order valence-electron chi connectivity index (χ1n) is 12.1. The summed E-state index contributed by atoms with van der Waals surface area (Å²) in [6.07, 6.45) is 2.92. The van der Waals surface area contributed by atoms with Gasteiger partial charge in [-0.15, -0.1) is 0 Å². The molecule has 2 atom stereocenters. The normalized spacial score (nSPS) is 17.4. The van der Waals surface area contributed by atoms with Gasteiger partial charge in [-0.3, -0.25) is 9.71 Å². The van der Waals surface area contributed by atoms with Gasteiger partial charge in [0.2, 0.25) is 10.0 Å². The van der Waals surface area contributed by atoms with Gasteiger partial charge < -0.3 is 19.5 Å². The van der Waals surface area contributed by atoms with E-state index < -0.39 is 10.0 Å². The van der Waals surface area contributed by atoms with Crippen LogP contribution in [0.25, 0.3) is 5.69 Å². The van der Waals surface area contributed by atoms with Crippen molar-refractivity contribution in [3.8, 4) is 11.4 Å². The summed E-state index contributed by atoms with van der Waals surface area (Å²) < 4.78 is 33.8. The van der Waals surface area contributed by atoms with Crippen molar-refractivity contribution in [2.45, 2.75) is 25.9 Å². The highest BCUT2D eigenvalue weighted by atomic mass is 32.2. The van der Waals surface area contributed by atoms with Crippen LogP contribution < -0.4 is 19.7 Å². The summed E-state index contributed by atoms with van der Waals surface area (Å²) in [5.74, 6) is 0.787. The van der Waals surface area contributed by atoms with Gasteiger partial charge in [0.15, 0.2) is 5.11 Å². The van der Waals surface area contributed by atoms with Crippen molar-refractivity contribution in [3.63, 3.8) is 0 Å². The highest BCUT2D eigenvalue weighted by Gasteiger charge is 2.42. The van der Waals surface area contributed by atoms with Crippen LogP contribution in [0.3, 0.4) is 0 Å². The van der Waals surface area contributed by atoms with Crippen LogP contribution in [-0.4, -0.2) is 36.4 Å². The lowest BCUT2D eigenvalue weighted by atomic mass is 10.0. The van der Waals surface area contributed by atoms with Crippen molar-refractivity contribution in [2.24, 2.45) is 0 Å². The molecule has 1 aliphatic heterocycles. The molecule has 0 unspecified atom stereocenters. The van der Waals surface area contributed by atoms with E-state index in [9.17, 15) is 8.42 Å². The smallest absolute Gasteiger partial charge is 0.229 e. The van der Waals surface area contributed by atoms with Crippen molar-refractivity contribution >= 4 is 38.7 Å². The average Bonchev–Trinajstić information content (AvgIpc) is 3.44. The Morgan fingerprint density at radius 2 is 1.74 bits per heavy atom. The Balaban J connectivity index is 1.65. The van der Waals surface area contributed by atoms with E-state index in [0.717, 1.165) is 46.0 Å². The molecule has 4 aromatic rings. The number of pyridine rings is 1. The van der Waals surface area contributed by atoms with Gasteiger partial charge in [-0.2, -0.15) is 0 Å². The van der Waals surface area contributed by atoms with Gasteiger partial charge in [-0.25, -0.2) is 8.42 Å². The molecule has 196 valence electrons. The Labute approximate surface area is 228 Å². The van der Waals surface area contributed by atoms with Crippen LogP contribution in [0, 0.1) is 13.8 Å². The standard InChI is InChI=1S/C28H29N5O3S2/c1-18-17-21(11-14-23(18)31-38(4,34)35)33-27(26(30-28(33)37)24-7-5-6-16-29-24)25-15-8-19(2)32(25)20-9-12-22(36-3)13-10-20/h5-17,26-27,31H,1-4H3,(H,30,37)/t26-,27-/m0/s1. The molecule has 1 fully saturated rings. The molecule has 2 N–H and O–H groups in total. The molecule has 0 radical (unpaired) electrons. The summed E-state index contributed by atoms with van der Waals surface area (Å²) in [6.45, 7) is 3.95. The monoisotopic (exact) mass is 547 g/mol. The van der Waals surface area contributed by atoms with Gasteiger partial charge in [-0.05, 0) is 98.4 Å². The fourth-order valence-corrected chi connectivity index (χ4v) is 5.89. The summed E-state index contributed by atoms with van der Waals surface area (Å²) >= 11 is 5.89. The van der Waals surface area contributed by atoms with E-state index in [-0.39, 0.29) is 12.1 Å². The van der Waals surface area contributed by atoms with Gasteiger partial charge in [-0.1, -0.05) is 6.07 Å². The van der Waals surface area contributed by atoms with Crippen molar-refractivity contribution in [1.82, 2.24) is 14.9 Å². The lowest BCUT2D eigenvalue weighted by molar-refractivity contribution is 0.414. The number of thiocarbonyl (C=S) groups is 1. The molecule has 1 aliphatic rings.